The maximum absolute atomic E-state index is 9.68. The molecule has 0 heterocycles. The third-order valence-electron chi connectivity index (χ3n) is 1.98. The van der Waals surface area contributed by atoms with Crippen LogP contribution in [0.2, 0.25) is 0 Å². The highest BCUT2D eigenvalue weighted by atomic mass is 16.3. The SMILES string of the molecule is C=C(N)/C=C(/O)c1ccc(C)cc1C. The summed E-state index contributed by atoms with van der Waals surface area (Å²) in [6, 6.07) is 5.84. The molecule has 0 unspecified atom stereocenters. The van der Waals surface area contributed by atoms with Gasteiger partial charge in [-0.25, -0.2) is 0 Å². The van der Waals surface area contributed by atoms with Gasteiger partial charge in [0.25, 0.3) is 0 Å². The molecule has 0 fully saturated rings. The highest BCUT2D eigenvalue weighted by Gasteiger charge is 2.02. The van der Waals surface area contributed by atoms with Crippen molar-refractivity contribution in [1.29, 1.82) is 0 Å². The van der Waals surface area contributed by atoms with Gasteiger partial charge < -0.3 is 10.8 Å². The zero-order valence-corrected chi connectivity index (χ0v) is 8.54. The van der Waals surface area contributed by atoms with Crippen LogP contribution in [-0.2, 0) is 0 Å². The first kappa shape index (κ1) is 10.4. The lowest BCUT2D eigenvalue weighted by atomic mass is 10.0. The molecule has 0 radical (unpaired) electrons. The number of aliphatic hydroxyl groups excluding tert-OH is 1. The average molecular weight is 189 g/mol. The van der Waals surface area contributed by atoms with Crippen molar-refractivity contribution in [3.63, 3.8) is 0 Å². The largest absolute Gasteiger partial charge is 0.507 e. The summed E-state index contributed by atoms with van der Waals surface area (Å²) >= 11 is 0. The number of hydrogen-bond acceptors (Lipinski definition) is 2. The second-order valence-electron chi connectivity index (χ2n) is 3.42. The second-order valence-corrected chi connectivity index (χ2v) is 3.42. The molecule has 0 aliphatic carbocycles. The van der Waals surface area contributed by atoms with E-state index >= 15 is 0 Å². The maximum Gasteiger partial charge on any atom is 0.125 e. The van der Waals surface area contributed by atoms with Crippen LogP contribution in [-0.4, -0.2) is 5.11 Å². The molecular formula is C12H15NO. The summed E-state index contributed by atoms with van der Waals surface area (Å²) in [6.07, 6.45) is 1.46. The Balaban J connectivity index is 3.14. The third kappa shape index (κ3) is 2.39. The van der Waals surface area contributed by atoms with Crippen molar-refractivity contribution in [1.82, 2.24) is 0 Å². The Labute approximate surface area is 84.4 Å². The van der Waals surface area contributed by atoms with Gasteiger partial charge in [-0.05, 0) is 19.4 Å². The molecule has 2 nitrogen and oxygen atoms in total. The van der Waals surface area contributed by atoms with E-state index in [0.717, 1.165) is 11.1 Å². The van der Waals surface area contributed by atoms with E-state index in [4.69, 9.17) is 5.73 Å². The van der Waals surface area contributed by atoms with Crippen molar-refractivity contribution in [2.75, 3.05) is 0 Å². The van der Waals surface area contributed by atoms with E-state index in [1.165, 1.54) is 11.6 Å². The molecular weight excluding hydrogens is 174 g/mol. The lowest BCUT2D eigenvalue weighted by Crippen LogP contribution is -1.94. The van der Waals surface area contributed by atoms with Gasteiger partial charge in [-0.2, -0.15) is 0 Å². The molecule has 14 heavy (non-hydrogen) atoms. The molecule has 74 valence electrons. The molecule has 0 bridgehead atoms. The number of allylic oxidation sites excluding steroid dienone is 1. The highest BCUT2D eigenvalue weighted by molar-refractivity contribution is 5.64. The van der Waals surface area contributed by atoms with Gasteiger partial charge >= 0.3 is 0 Å². The molecule has 1 aromatic rings. The molecule has 0 saturated carbocycles. The fourth-order valence-corrected chi connectivity index (χ4v) is 1.35. The Hall–Kier alpha value is -1.70. The lowest BCUT2D eigenvalue weighted by Gasteiger charge is -2.05. The number of aliphatic hydroxyl groups is 1. The normalized spacial score (nSPS) is 11.4. The molecule has 1 rings (SSSR count). The van der Waals surface area contributed by atoms with Crippen LogP contribution in [0, 0.1) is 13.8 Å². The molecule has 0 amide bonds. The predicted molar refractivity (Wildman–Crippen MR) is 59.8 cm³/mol. The molecule has 0 atom stereocenters. The summed E-state index contributed by atoms with van der Waals surface area (Å²) < 4.78 is 0. The molecule has 3 N–H and O–H groups in total. The number of hydrogen-bond donors (Lipinski definition) is 2. The van der Waals surface area contributed by atoms with E-state index in [0.29, 0.717) is 5.70 Å². The van der Waals surface area contributed by atoms with Crippen LogP contribution >= 0.6 is 0 Å². The van der Waals surface area contributed by atoms with Crippen LogP contribution in [0.1, 0.15) is 16.7 Å². The fraction of sp³-hybridized carbons (Fsp3) is 0.167. The smallest absolute Gasteiger partial charge is 0.125 e. The van der Waals surface area contributed by atoms with Crippen molar-refractivity contribution in [3.05, 3.63) is 53.2 Å². The summed E-state index contributed by atoms with van der Waals surface area (Å²) in [5.74, 6) is 0.162. The van der Waals surface area contributed by atoms with Gasteiger partial charge in [0.15, 0.2) is 0 Å². The van der Waals surface area contributed by atoms with Gasteiger partial charge in [-0.3, -0.25) is 0 Å². The zero-order chi connectivity index (χ0) is 10.7. The van der Waals surface area contributed by atoms with E-state index in [2.05, 4.69) is 6.58 Å². The van der Waals surface area contributed by atoms with Gasteiger partial charge in [0.2, 0.25) is 0 Å². The van der Waals surface area contributed by atoms with Gasteiger partial charge in [-0.1, -0.05) is 30.3 Å². The van der Waals surface area contributed by atoms with Crippen LogP contribution in [0.3, 0.4) is 0 Å². The van der Waals surface area contributed by atoms with Crippen LogP contribution in [0.4, 0.5) is 0 Å². The van der Waals surface area contributed by atoms with Crippen molar-refractivity contribution in [2.24, 2.45) is 5.73 Å². The quantitative estimate of drug-likeness (QED) is 0.555. The molecule has 0 aliphatic heterocycles. The third-order valence-corrected chi connectivity index (χ3v) is 1.98. The van der Waals surface area contributed by atoms with E-state index in [9.17, 15) is 5.11 Å². The van der Waals surface area contributed by atoms with Gasteiger partial charge in [0.05, 0.1) is 0 Å². The fourth-order valence-electron chi connectivity index (χ4n) is 1.35. The minimum atomic E-state index is 0.162. The highest BCUT2D eigenvalue weighted by Crippen LogP contribution is 2.18. The Kier molecular flexibility index (Phi) is 2.97. The first-order valence-electron chi connectivity index (χ1n) is 4.43. The first-order valence-corrected chi connectivity index (χ1v) is 4.43. The number of benzene rings is 1. The molecule has 1 aromatic carbocycles. The summed E-state index contributed by atoms with van der Waals surface area (Å²) in [6.45, 7) is 7.47. The Morgan fingerprint density at radius 3 is 2.57 bits per heavy atom. The van der Waals surface area contributed by atoms with Gasteiger partial charge in [0.1, 0.15) is 5.76 Å². The number of nitrogens with two attached hydrogens (primary N) is 1. The van der Waals surface area contributed by atoms with E-state index in [1.807, 2.05) is 32.0 Å². The average Bonchev–Trinajstić information content (AvgIpc) is 2.01. The van der Waals surface area contributed by atoms with Crippen LogP contribution < -0.4 is 5.73 Å². The van der Waals surface area contributed by atoms with Crippen molar-refractivity contribution in [2.45, 2.75) is 13.8 Å². The summed E-state index contributed by atoms with van der Waals surface area (Å²) in [7, 11) is 0. The van der Waals surface area contributed by atoms with Crippen molar-refractivity contribution < 1.29 is 5.11 Å². The maximum atomic E-state index is 9.68. The van der Waals surface area contributed by atoms with Gasteiger partial charge in [-0.15, -0.1) is 0 Å². The molecule has 0 aromatic heterocycles. The van der Waals surface area contributed by atoms with E-state index < -0.39 is 0 Å². The molecule has 0 spiro atoms. The first-order chi connectivity index (χ1) is 6.50. The lowest BCUT2D eigenvalue weighted by molar-refractivity contribution is 0.511. The van der Waals surface area contributed by atoms with Crippen molar-refractivity contribution >= 4 is 5.76 Å². The number of rotatable bonds is 2. The summed E-state index contributed by atoms with van der Waals surface area (Å²) in [5.41, 5.74) is 8.72. The Morgan fingerprint density at radius 2 is 2.07 bits per heavy atom. The minimum Gasteiger partial charge on any atom is -0.507 e. The van der Waals surface area contributed by atoms with E-state index in [1.54, 1.807) is 0 Å². The number of aryl methyl sites for hydroxylation is 2. The standard InChI is InChI=1S/C12H15NO/c1-8-4-5-11(9(2)6-8)12(14)7-10(3)13/h4-7,14H,3,13H2,1-2H3/b12-7+. The minimum absolute atomic E-state index is 0.162. The van der Waals surface area contributed by atoms with Crippen LogP contribution in [0.15, 0.2) is 36.6 Å². The molecule has 0 aliphatic rings. The van der Waals surface area contributed by atoms with Crippen LogP contribution in [0.5, 0.6) is 0 Å². The molecule has 2 heteroatoms. The van der Waals surface area contributed by atoms with E-state index in [-0.39, 0.29) is 5.76 Å². The molecule has 0 saturated heterocycles. The topological polar surface area (TPSA) is 46.2 Å². The monoisotopic (exact) mass is 189 g/mol. The summed E-state index contributed by atoms with van der Waals surface area (Å²) in [5, 5.41) is 9.68. The Bertz CT molecular complexity index is 391. The van der Waals surface area contributed by atoms with Crippen molar-refractivity contribution in [3.8, 4) is 0 Å². The van der Waals surface area contributed by atoms with Gasteiger partial charge in [0, 0.05) is 17.3 Å². The van der Waals surface area contributed by atoms with Crippen LogP contribution in [0.25, 0.3) is 5.76 Å². The summed E-state index contributed by atoms with van der Waals surface area (Å²) in [4.78, 5) is 0. The Morgan fingerprint density at radius 1 is 1.43 bits per heavy atom. The zero-order valence-electron chi connectivity index (χ0n) is 8.54. The second kappa shape index (κ2) is 4.01. The predicted octanol–water partition coefficient (Wildman–Crippen LogP) is 2.67.